The van der Waals surface area contributed by atoms with Crippen LogP contribution in [-0.4, -0.2) is 44.0 Å². The maximum atomic E-state index is 12.3. The van der Waals surface area contributed by atoms with Crippen LogP contribution in [0.3, 0.4) is 0 Å². The van der Waals surface area contributed by atoms with Crippen molar-refractivity contribution >= 4 is 50.8 Å². The molecule has 2 aromatic rings. The van der Waals surface area contributed by atoms with Gasteiger partial charge in [-0.25, -0.2) is 18.4 Å². The standard InChI is InChI=1S/C14H16BrN4O6PS/c1-24-26(21,25-2)8-27(22,23)10-5-3-9(4-6-10)18-14(20)12-13(16)17-7-11(15)19-12/h3-7H,8H2,1-2H3,(H2,16,17)(H,18,20). The van der Waals surface area contributed by atoms with Gasteiger partial charge in [-0.05, 0) is 40.2 Å². The summed E-state index contributed by atoms with van der Waals surface area (Å²) in [6, 6.07) is 5.26. The number of nitrogens with zero attached hydrogens (tertiary/aromatic N) is 2. The van der Waals surface area contributed by atoms with Crippen molar-refractivity contribution in [2.75, 3.05) is 30.8 Å². The van der Waals surface area contributed by atoms with Crippen molar-refractivity contribution in [2.45, 2.75) is 4.90 Å². The van der Waals surface area contributed by atoms with Crippen LogP contribution >= 0.6 is 23.5 Å². The van der Waals surface area contributed by atoms with E-state index in [0.29, 0.717) is 10.3 Å². The number of aromatic nitrogens is 2. The second kappa shape index (κ2) is 8.44. The van der Waals surface area contributed by atoms with Crippen molar-refractivity contribution in [3.05, 3.63) is 40.8 Å². The van der Waals surface area contributed by atoms with E-state index in [4.69, 9.17) is 5.73 Å². The average Bonchev–Trinajstić information content (AvgIpc) is 2.63. The fourth-order valence-corrected chi connectivity index (χ4v) is 6.03. The van der Waals surface area contributed by atoms with E-state index >= 15 is 0 Å². The predicted octanol–water partition coefficient (Wildman–Crippen LogP) is 2.29. The van der Waals surface area contributed by atoms with Crippen LogP contribution in [0.15, 0.2) is 40.0 Å². The highest BCUT2D eigenvalue weighted by molar-refractivity contribution is 9.10. The Morgan fingerprint density at radius 1 is 1.26 bits per heavy atom. The van der Waals surface area contributed by atoms with Gasteiger partial charge in [-0.3, -0.25) is 9.36 Å². The number of anilines is 2. The van der Waals surface area contributed by atoms with E-state index in [0.717, 1.165) is 14.2 Å². The summed E-state index contributed by atoms with van der Waals surface area (Å²) in [6.07, 6.45) is 1.35. The molecular formula is C14H16BrN4O6PS. The van der Waals surface area contributed by atoms with Crippen LogP contribution in [0, 0.1) is 0 Å². The zero-order chi connectivity index (χ0) is 20.2. The summed E-state index contributed by atoms with van der Waals surface area (Å²) in [7, 11) is -5.46. The van der Waals surface area contributed by atoms with Crippen LogP contribution < -0.4 is 11.1 Å². The van der Waals surface area contributed by atoms with Gasteiger partial charge >= 0.3 is 7.60 Å². The van der Waals surface area contributed by atoms with Crippen LogP contribution in [-0.2, 0) is 23.4 Å². The monoisotopic (exact) mass is 478 g/mol. The molecule has 0 aliphatic heterocycles. The summed E-state index contributed by atoms with van der Waals surface area (Å²) < 4.78 is 46.4. The van der Waals surface area contributed by atoms with E-state index in [2.05, 4.69) is 40.3 Å². The highest BCUT2D eigenvalue weighted by Gasteiger charge is 2.31. The van der Waals surface area contributed by atoms with Crippen molar-refractivity contribution in [3.63, 3.8) is 0 Å². The van der Waals surface area contributed by atoms with Gasteiger partial charge in [-0.15, -0.1) is 0 Å². The second-order valence-corrected chi connectivity index (χ2v) is 10.6. The van der Waals surface area contributed by atoms with Gasteiger partial charge < -0.3 is 20.1 Å². The lowest BCUT2D eigenvalue weighted by molar-refractivity contribution is 0.102. The third kappa shape index (κ3) is 5.33. The van der Waals surface area contributed by atoms with Crippen LogP contribution in [0.1, 0.15) is 10.5 Å². The zero-order valence-electron chi connectivity index (χ0n) is 14.2. The SMILES string of the molecule is COP(=O)(CS(=O)(=O)c1ccc(NC(=O)c2nc(Br)cnc2N)cc1)OC. The summed E-state index contributed by atoms with van der Waals surface area (Å²) in [5.41, 5.74) is 5.05. The Balaban J connectivity index is 2.19. The molecule has 27 heavy (non-hydrogen) atoms. The van der Waals surface area contributed by atoms with E-state index in [1.54, 1.807) is 0 Å². The molecule has 1 heterocycles. The molecule has 0 spiro atoms. The number of hydrogen-bond donors (Lipinski definition) is 2. The average molecular weight is 479 g/mol. The number of rotatable bonds is 7. The van der Waals surface area contributed by atoms with Crippen molar-refractivity contribution in [1.82, 2.24) is 9.97 Å². The Bertz CT molecular complexity index is 991. The van der Waals surface area contributed by atoms with Gasteiger partial charge in [-0.2, -0.15) is 0 Å². The zero-order valence-corrected chi connectivity index (χ0v) is 17.5. The van der Waals surface area contributed by atoms with Gasteiger partial charge in [0.2, 0.25) is 0 Å². The van der Waals surface area contributed by atoms with Crippen molar-refractivity contribution in [1.29, 1.82) is 0 Å². The number of nitrogen functional groups attached to an aromatic ring is 1. The van der Waals surface area contributed by atoms with Gasteiger partial charge in [0, 0.05) is 19.9 Å². The summed E-state index contributed by atoms with van der Waals surface area (Å²) in [5, 5.41) is 2.53. The molecule has 2 rings (SSSR count). The number of amides is 1. The number of nitrogens with one attached hydrogen (secondary N) is 1. The Labute approximate surface area is 164 Å². The Kier molecular flexibility index (Phi) is 6.71. The maximum Gasteiger partial charge on any atom is 0.345 e. The number of hydrogen-bond acceptors (Lipinski definition) is 9. The topological polar surface area (TPSA) is 151 Å². The predicted molar refractivity (Wildman–Crippen MR) is 102 cm³/mol. The van der Waals surface area contributed by atoms with Crippen LogP contribution in [0.2, 0.25) is 0 Å². The van der Waals surface area contributed by atoms with Gasteiger partial charge in [0.1, 0.15) is 4.60 Å². The molecule has 0 bridgehead atoms. The third-order valence-electron chi connectivity index (χ3n) is 3.34. The molecule has 10 nitrogen and oxygen atoms in total. The highest BCUT2D eigenvalue weighted by Crippen LogP contribution is 2.48. The summed E-state index contributed by atoms with van der Waals surface area (Å²) in [6.45, 7) is 0. The van der Waals surface area contributed by atoms with Crippen molar-refractivity contribution < 1.29 is 26.8 Å². The van der Waals surface area contributed by atoms with Gasteiger partial charge in [0.05, 0.1) is 11.1 Å². The molecular weight excluding hydrogens is 463 g/mol. The van der Waals surface area contributed by atoms with Gasteiger partial charge in [-0.1, -0.05) is 0 Å². The molecule has 0 unspecified atom stereocenters. The minimum absolute atomic E-state index is 0.0511. The minimum atomic E-state index is -3.93. The number of benzene rings is 1. The first-order chi connectivity index (χ1) is 12.6. The molecule has 3 N–H and O–H groups in total. The lowest BCUT2D eigenvalue weighted by atomic mass is 10.3. The number of halogens is 1. The van der Waals surface area contributed by atoms with E-state index < -0.39 is 28.8 Å². The smallest absolute Gasteiger partial charge is 0.345 e. The first kappa shape index (κ1) is 21.5. The van der Waals surface area contributed by atoms with Gasteiger partial charge in [0.25, 0.3) is 5.91 Å². The lowest BCUT2D eigenvalue weighted by Gasteiger charge is -2.14. The molecule has 1 aromatic carbocycles. The molecule has 1 aromatic heterocycles. The van der Waals surface area contributed by atoms with Crippen LogP contribution in [0.4, 0.5) is 11.5 Å². The number of sulfone groups is 1. The van der Waals surface area contributed by atoms with Crippen molar-refractivity contribution in [2.24, 2.45) is 0 Å². The van der Waals surface area contributed by atoms with Gasteiger partial charge in [0.15, 0.2) is 26.8 Å². The van der Waals surface area contributed by atoms with E-state index in [1.165, 1.54) is 30.5 Å². The Hall–Kier alpha value is -1.85. The largest absolute Gasteiger partial charge is 0.382 e. The first-order valence-electron chi connectivity index (χ1n) is 7.23. The minimum Gasteiger partial charge on any atom is -0.382 e. The maximum absolute atomic E-state index is 12.3. The molecule has 0 atom stereocenters. The quantitative estimate of drug-likeness (QED) is 0.570. The normalized spacial score (nSPS) is 12.0. The molecule has 0 aliphatic carbocycles. The summed E-state index contributed by atoms with van der Waals surface area (Å²) in [4.78, 5) is 19.9. The highest BCUT2D eigenvalue weighted by atomic mass is 79.9. The number of carbonyl (C=O) groups is 1. The first-order valence-corrected chi connectivity index (χ1v) is 11.4. The molecule has 0 fully saturated rings. The van der Waals surface area contributed by atoms with E-state index in [1.807, 2.05) is 0 Å². The van der Waals surface area contributed by atoms with Crippen LogP contribution in [0.25, 0.3) is 0 Å². The van der Waals surface area contributed by atoms with Crippen LogP contribution in [0.5, 0.6) is 0 Å². The molecule has 0 saturated carbocycles. The molecule has 0 aliphatic rings. The molecule has 0 radical (unpaired) electrons. The molecule has 0 saturated heterocycles. The molecule has 1 amide bonds. The summed E-state index contributed by atoms with van der Waals surface area (Å²) in [5.74, 6) is -0.662. The molecule has 13 heteroatoms. The van der Waals surface area contributed by atoms with E-state index in [-0.39, 0.29) is 16.4 Å². The number of carbonyl (C=O) groups excluding carboxylic acids is 1. The fourth-order valence-electron chi connectivity index (χ4n) is 1.94. The van der Waals surface area contributed by atoms with E-state index in [9.17, 15) is 17.8 Å². The second-order valence-electron chi connectivity index (χ2n) is 5.12. The summed E-state index contributed by atoms with van der Waals surface area (Å²) >= 11 is 3.10. The third-order valence-corrected chi connectivity index (χ3v) is 8.45. The number of nitrogens with two attached hydrogens (primary N) is 1. The fraction of sp³-hybridized carbons (Fsp3) is 0.214. The Morgan fingerprint density at radius 2 is 1.85 bits per heavy atom. The Morgan fingerprint density at radius 3 is 2.41 bits per heavy atom. The van der Waals surface area contributed by atoms with Crippen molar-refractivity contribution in [3.8, 4) is 0 Å². The molecule has 146 valence electrons. The lowest BCUT2D eigenvalue weighted by Crippen LogP contribution is -2.17.